The van der Waals surface area contributed by atoms with E-state index >= 15 is 0 Å². The maximum absolute atomic E-state index is 13.9. The average Bonchev–Trinajstić information content (AvgIpc) is 2.91. The first-order valence-corrected chi connectivity index (χ1v) is 12.5. The van der Waals surface area contributed by atoms with Gasteiger partial charge in [-0.05, 0) is 54.4 Å². The van der Waals surface area contributed by atoms with Crippen molar-refractivity contribution >= 4 is 5.91 Å². The lowest BCUT2D eigenvalue weighted by atomic mass is 9.94. The van der Waals surface area contributed by atoms with Crippen molar-refractivity contribution in [1.82, 2.24) is 9.80 Å². The predicted molar refractivity (Wildman–Crippen MR) is 140 cm³/mol. The van der Waals surface area contributed by atoms with Crippen LogP contribution >= 0.6 is 0 Å². The summed E-state index contributed by atoms with van der Waals surface area (Å²) in [5, 5.41) is 9.98. The van der Waals surface area contributed by atoms with Gasteiger partial charge in [-0.2, -0.15) is 0 Å². The number of rotatable bonds is 6. The maximum Gasteiger partial charge on any atom is 0.254 e. The Morgan fingerprint density at radius 3 is 2.36 bits per heavy atom. The molecular weight excluding hydrogens is 455 g/mol. The van der Waals surface area contributed by atoms with Crippen molar-refractivity contribution in [3.8, 4) is 11.1 Å². The zero-order valence-corrected chi connectivity index (χ0v) is 21.2. The largest absolute Gasteiger partial charge is 0.394 e. The van der Waals surface area contributed by atoms with Gasteiger partial charge in [0.25, 0.3) is 5.91 Å². The SMILES string of the molecule is C[C@H](CO)N1C[C@H](C)[C@H](CN(C)Cc2ccc(F)cc2)OCc2ccccc2-c2ccccc2C1=O. The van der Waals surface area contributed by atoms with Crippen molar-refractivity contribution in [3.05, 3.63) is 95.3 Å². The van der Waals surface area contributed by atoms with Crippen LogP contribution < -0.4 is 0 Å². The minimum atomic E-state index is -0.332. The molecule has 6 heteroatoms. The summed E-state index contributed by atoms with van der Waals surface area (Å²) in [6.07, 6.45) is -0.161. The van der Waals surface area contributed by atoms with Crippen molar-refractivity contribution in [2.24, 2.45) is 5.92 Å². The van der Waals surface area contributed by atoms with E-state index in [2.05, 4.69) is 11.8 Å². The minimum Gasteiger partial charge on any atom is -0.394 e. The van der Waals surface area contributed by atoms with Crippen LogP contribution in [0.4, 0.5) is 4.39 Å². The van der Waals surface area contributed by atoms with Gasteiger partial charge >= 0.3 is 0 Å². The van der Waals surface area contributed by atoms with Crippen LogP contribution in [0.3, 0.4) is 0 Å². The molecule has 1 aliphatic heterocycles. The van der Waals surface area contributed by atoms with Gasteiger partial charge in [-0.1, -0.05) is 61.5 Å². The summed E-state index contributed by atoms with van der Waals surface area (Å²) in [6.45, 7) is 6.03. The molecule has 0 saturated carbocycles. The Bertz CT molecular complexity index is 1170. The fraction of sp³-hybridized carbons (Fsp3) is 0.367. The van der Waals surface area contributed by atoms with Gasteiger partial charge in [-0.25, -0.2) is 4.39 Å². The first-order chi connectivity index (χ1) is 17.4. The highest BCUT2D eigenvalue weighted by atomic mass is 19.1. The molecule has 3 aromatic carbocycles. The number of likely N-dealkylation sites (N-methyl/N-ethyl adjacent to an activating group) is 1. The van der Waals surface area contributed by atoms with Gasteiger partial charge in [-0.3, -0.25) is 9.69 Å². The lowest BCUT2D eigenvalue weighted by Crippen LogP contribution is -2.47. The zero-order valence-electron chi connectivity index (χ0n) is 21.2. The van der Waals surface area contributed by atoms with E-state index in [1.165, 1.54) is 12.1 Å². The molecule has 1 aliphatic rings. The van der Waals surface area contributed by atoms with E-state index < -0.39 is 0 Å². The summed E-state index contributed by atoms with van der Waals surface area (Å²) < 4.78 is 19.9. The molecule has 0 radical (unpaired) electrons. The number of aliphatic hydroxyl groups excluding tert-OH is 1. The number of amides is 1. The number of fused-ring (bicyclic) bond motifs is 3. The molecule has 0 spiro atoms. The van der Waals surface area contributed by atoms with Gasteiger partial charge in [-0.15, -0.1) is 0 Å². The van der Waals surface area contributed by atoms with Crippen molar-refractivity contribution in [2.45, 2.75) is 39.1 Å². The number of ether oxygens (including phenoxy) is 1. The van der Waals surface area contributed by atoms with E-state index in [-0.39, 0.29) is 36.4 Å². The summed E-state index contributed by atoms with van der Waals surface area (Å²) in [5.74, 6) is -0.325. The molecule has 0 aliphatic carbocycles. The number of nitrogens with zero attached hydrogens (tertiary/aromatic N) is 2. The molecule has 3 atom stereocenters. The maximum atomic E-state index is 13.9. The first kappa shape index (κ1) is 26.0. The topological polar surface area (TPSA) is 53.0 Å². The van der Waals surface area contributed by atoms with E-state index in [0.717, 1.165) is 22.3 Å². The van der Waals surface area contributed by atoms with Crippen molar-refractivity contribution in [2.75, 3.05) is 26.7 Å². The fourth-order valence-electron chi connectivity index (χ4n) is 4.82. The van der Waals surface area contributed by atoms with Crippen LogP contribution in [-0.4, -0.2) is 59.7 Å². The Hall–Kier alpha value is -3.06. The monoisotopic (exact) mass is 490 g/mol. The smallest absolute Gasteiger partial charge is 0.254 e. The Morgan fingerprint density at radius 1 is 1.03 bits per heavy atom. The highest BCUT2D eigenvalue weighted by molar-refractivity contribution is 6.01. The van der Waals surface area contributed by atoms with E-state index in [1.54, 1.807) is 17.0 Å². The fourth-order valence-corrected chi connectivity index (χ4v) is 4.82. The Balaban J connectivity index is 1.67. The van der Waals surface area contributed by atoms with Crippen LogP contribution in [0.25, 0.3) is 11.1 Å². The number of carbonyl (C=O) groups excluding carboxylic acids is 1. The molecule has 4 rings (SSSR count). The van der Waals surface area contributed by atoms with Crippen LogP contribution in [-0.2, 0) is 17.9 Å². The highest BCUT2D eigenvalue weighted by Gasteiger charge is 2.30. The van der Waals surface area contributed by atoms with Crippen LogP contribution in [0.5, 0.6) is 0 Å². The number of benzene rings is 3. The van der Waals surface area contributed by atoms with Gasteiger partial charge in [0, 0.05) is 31.1 Å². The van der Waals surface area contributed by atoms with E-state index in [0.29, 0.717) is 31.8 Å². The normalized spacial score (nSPS) is 19.4. The second-order valence-electron chi connectivity index (χ2n) is 9.84. The Morgan fingerprint density at radius 2 is 1.67 bits per heavy atom. The van der Waals surface area contributed by atoms with E-state index in [4.69, 9.17) is 4.74 Å². The van der Waals surface area contributed by atoms with Crippen LogP contribution in [0.1, 0.15) is 35.3 Å². The van der Waals surface area contributed by atoms with Crippen molar-refractivity contribution in [3.63, 3.8) is 0 Å². The number of hydrogen-bond acceptors (Lipinski definition) is 4. The van der Waals surface area contributed by atoms with Crippen LogP contribution in [0, 0.1) is 11.7 Å². The summed E-state index contributed by atoms with van der Waals surface area (Å²) in [7, 11) is 2.02. The van der Waals surface area contributed by atoms with E-state index in [9.17, 15) is 14.3 Å². The van der Waals surface area contributed by atoms with Crippen LogP contribution in [0.2, 0.25) is 0 Å². The molecule has 0 fully saturated rings. The second kappa shape index (κ2) is 11.8. The van der Waals surface area contributed by atoms with Gasteiger partial charge in [0.05, 0.1) is 25.4 Å². The summed E-state index contributed by atoms with van der Waals surface area (Å²) in [4.78, 5) is 17.8. The van der Waals surface area contributed by atoms with Crippen LogP contribution in [0.15, 0.2) is 72.8 Å². The lowest BCUT2D eigenvalue weighted by Gasteiger charge is -2.35. The molecule has 5 nitrogen and oxygen atoms in total. The molecule has 1 amide bonds. The first-order valence-electron chi connectivity index (χ1n) is 12.5. The molecule has 0 aromatic heterocycles. The molecule has 190 valence electrons. The molecule has 0 unspecified atom stereocenters. The third-order valence-corrected chi connectivity index (χ3v) is 6.95. The lowest BCUT2D eigenvalue weighted by molar-refractivity contribution is -0.0241. The average molecular weight is 491 g/mol. The van der Waals surface area contributed by atoms with Gasteiger partial charge in [0.15, 0.2) is 0 Å². The number of carbonyl (C=O) groups is 1. The standard InChI is InChI=1S/C30H35FN2O3/c1-21-16-33(22(2)19-34)30(35)28-11-7-6-10-27(28)26-9-5-4-8-24(26)20-36-29(21)18-32(3)17-23-12-14-25(31)15-13-23/h4-15,21-22,29,34H,16-20H2,1-3H3/t21-,22+,29-/m0/s1. The molecule has 0 bridgehead atoms. The Kier molecular flexibility index (Phi) is 8.52. The molecule has 0 saturated heterocycles. The number of halogens is 1. The van der Waals surface area contributed by atoms with Gasteiger partial charge in [0.1, 0.15) is 5.82 Å². The molecule has 1 heterocycles. The van der Waals surface area contributed by atoms with E-state index in [1.807, 2.05) is 62.5 Å². The highest BCUT2D eigenvalue weighted by Crippen LogP contribution is 2.31. The molecule has 36 heavy (non-hydrogen) atoms. The number of hydrogen-bond donors (Lipinski definition) is 1. The Labute approximate surface area is 213 Å². The summed E-state index contributed by atoms with van der Waals surface area (Å²) >= 11 is 0. The second-order valence-corrected chi connectivity index (χ2v) is 9.84. The molecular formula is C30H35FN2O3. The van der Waals surface area contributed by atoms with Crippen molar-refractivity contribution < 1.29 is 19.0 Å². The number of aliphatic hydroxyl groups is 1. The third-order valence-electron chi connectivity index (χ3n) is 6.95. The molecule has 1 N–H and O–H groups in total. The minimum absolute atomic E-state index is 0.0102. The zero-order chi connectivity index (χ0) is 25.7. The summed E-state index contributed by atoms with van der Waals surface area (Å²) in [5.41, 5.74) is 4.53. The third kappa shape index (κ3) is 6.01. The van der Waals surface area contributed by atoms with Gasteiger partial charge in [0.2, 0.25) is 0 Å². The molecule has 3 aromatic rings. The predicted octanol–water partition coefficient (Wildman–Crippen LogP) is 4.98. The quantitative estimate of drug-likeness (QED) is 0.529. The summed E-state index contributed by atoms with van der Waals surface area (Å²) in [6, 6.07) is 21.9. The van der Waals surface area contributed by atoms with Crippen molar-refractivity contribution in [1.29, 1.82) is 0 Å². The van der Waals surface area contributed by atoms with Gasteiger partial charge < -0.3 is 14.7 Å².